The van der Waals surface area contributed by atoms with Crippen LogP contribution < -0.4 is 4.74 Å². The molecule has 1 aromatic heterocycles. The van der Waals surface area contributed by atoms with Gasteiger partial charge in [-0.05, 0) is 61.0 Å². The zero-order chi connectivity index (χ0) is 21.3. The highest BCUT2D eigenvalue weighted by Gasteiger charge is 2.22. The Kier molecular flexibility index (Phi) is 5.86. The van der Waals surface area contributed by atoms with Gasteiger partial charge in [-0.25, -0.2) is 12.4 Å². The van der Waals surface area contributed by atoms with Crippen molar-refractivity contribution >= 4 is 20.9 Å². The van der Waals surface area contributed by atoms with Crippen LogP contribution in [0.25, 0.3) is 10.9 Å². The van der Waals surface area contributed by atoms with E-state index in [0.29, 0.717) is 16.2 Å². The number of aromatic nitrogens is 1. The third kappa shape index (κ3) is 3.97. The molecule has 1 aliphatic heterocycles. The van der Waals surface area contributed by atoms with E-state index in [4.69, 9.17) is 4.74 Å². The zero-order valence-electron chi connectivity index (χ0n) is 17.8. The summed E-state index contributed by atoms with van der Waals surface area (Å²) in [5.74, 6) is 0.707. The zero-order valence-corrected chi connectivity index (χ0v) is 18.7. The molecule has 0 amide bonds. The Balaban J connectivity index is 1.63. The quantitative estimate of drug-likeness (QED) is 0.604. The van der Waals surface area contributed by atoms with Crippen molar-refractivity contribution in [3.63, 3.8) is 0 Å². The predicted octanol–water partition coefficient (Wildman–Crippen LogP) is 3.33. The molecule has 7 heteroatoms. The van der Waals surface area contributed by atoms with Crippen molar-refractivity contribution in [1.82, 2.24) is 13.8 Å². The first kappa shape index (κ1) is 20.9. The number of aryl methyl sites for hydroxylation is 1. The average molecular weight is 428 g/mol. The summed E-state index contributed by atoms with van der Waals surface area (Å²) < 4.78 is 33.4. The highest BCUT2D eigenvalue weighted by molar-refractivity contribution is 7.90. The second-order valence-electron chi connectivity index (χ2n) is 7.84. The fraction of sp³-hybridized carbons (Fsp3) is 0.391. The van der Waals surface area contributed by atoms with Gasteiger partial charge >= 0.3 is 0 Å². The fourth-order valence-corrected chi connectivity index (χ4v) is 5.43. The van der Waals surface area contributed by atoms with E-state index in [1.54, 1.807) is 37.6 Å². The van der Waals surface area contributed by atoms with Crippen LogP contribution in [0.3, 0.4) is 0 Å². The summed E-state index contributed by atoms with van der Waals surface area (Å²) in [5.41, 5.74) is 2.83. The van der Waals surface area contributed by atoms with Gasteiger partial charge in [-0.3, -0.25) is 4.90 Å². The molecule has 1 saturated heterocycles. The van der Waals surface area contributed by atoms with Gasteiger partial charge in [0.05, 0.1) is 17.5 Å². The predicted molar refractivity (Wildman–Crippen MR) is 120 cm³/mol. The van der Waals surface area contributed by atoms with Crippen LogP contribution in [0.1, 0.15) is 18.1 Å². The first-order valence-electron chi connectivity index (χ1n) is 10.4. The number of hydrogen-bond acceptors (Lipinski definition) is 5. The van der Waals surface area contributed by atoms with Gasteiger partial charge in [-0.2, -0.15) is 0 Å². The first-order valence-corrected chi connectivity index (χ1v) is 11.8. The molecule has 0 aliphatic carbocycles. The Labute approximate surface area is 178 Å². The van der Waals surface area contributed by atoms with Crippen LogP contribution in [0.15, 0.2) is 53.6 Å². The number of hydrogen-bond donors (Lipinski definition) is 0. The van der Waals surface area contributed by atoms with E-state index in [9.17, 15) is 8.42 Å². The maximum absolute atomic E-state index is 13.4. The van der Waals surface area contributed by atoms with Crippen molar-refractivity contribution in [3.05, 3.63) is 59.8 Å². The molecule has 2 heterocycles. The van der Waals surface area contributed by atoms with E-state index in [1.807, 2.05) is 25.1 Å². The lowest BCUT2D eigenvalue weighted by atomic mass is 10.1. The molecule has 30 heavy (non-hydrogen) atoms. The number of fused-ring (bicyclic) bond motifs is 1. The van der Waals surface area contributed by atoms with E-state index in [2.05, 4.69) is 16.7 Å². The maximum atomic E-state index is 13.4. The lowest BCUT2D eigenvalue weighted by molar-refractivity contribution is 0.131. The van der Waals surface area contributed by atoms with Crippen LogP contribution in [0.2, 0.25) is 0 Å². The standard InChI is InChI=1S/C23H29N3O3S/c1-4-24-11-13-25(14-12-24)17-20-16-22(7-5-18(20)2)30(27,28)26-10-9-19-15-21(29-3)6-8-23(19)26/h5-10,15-16H,4,11-14,17H2,1-3H3. The molecular formula is C23H29N3O3S. The number of ether oxygens (including phenoxy) is 1. The van der Waals surface area contributed by atoms with Crippen LogP contribution in [0.4, 0.5) is 0 Å². The van der Waals surface area contributed by atoms with Gasteiger partial charge in [0.1, 0.15) is 5.75 Å². The van der Waals surface area contributed by atoms with Gasteiger partial charge in [0.15, 0.2) is 0 Å². The molecule has 0 N–H and O–H groups in total. The highest BCUT2D eigenvalue weighted by Crippen LogP contribution is 2.27. The van der Waals surface area contributed by atoms with E-state index < -0.39 is 10.0 Å². The van der Waals surface area contributed by atoms with Gasteiger partial charge in [0.25, 0.3) is 10.0 Å². The van der Waals surface area contributed by atoms with E-state index in [1.165, 1.54) is 3.97 Å². The van der Waals surface area contributed by atoms with Gasteiger partial charge in [0.2, 0.25) is 0 Å². The minimum absolute atomic E-state index is 0.323. The largest absolute Gasteiger partial charge is 0.497 e. The molecule has 6 nitrogen and oxygen atoms in total. The number of methoxy groups -OCH3 is 1. The molecule has 0 spiro atoms. The lowest BCUT2D eigenvalue weighted by Crippen LogP contribution is -2.45. The van der Waals surface area contributed by atoms with Crippen molar-refractivity contribution in [1.29, 1.82) is 0 Å². The SMILES string of the molecule is CCN1CCN(Cc2cc(S(=O)(=O)n3ccc4cc(OC)ccc43)ccc2C)CC1. The summed E-state index contributed by atoms with van der Waals surface area (Å²) in [6, 6.07) is 12.7. The molecule has 0 bridgehead atoms. The van der Waals surface area contributed by atoms with Crippen molar-refractivity contribution in [2.75, 3.05) is 39.8 Å². The van der Waals surface area contributed by atoms with Crippen LogP contribution >= 0.6 is 0 Å². The molecule has 0 saturated carbocycles. The minimum atomic E-state index is -3.69. The molecule has 1 fully saturated rings. The van der Waals surface area contributed by atoms with Crippen LogP contribution in [0.5, 0.6) is 5.75 Å². The van der Waals surface area contributed by atoms with Crippen molar-refractivity contribution in [3.8, 4) is 5.75 Å². The minimum Gasteiger partial charge on any atom is -0.497 e. The molecule has 1 aliphatic rings. The number of piperazine rings is 1. The molecule has 2 aromatic carbocycles. The van der Waals surface area contributed by atoms with E-state index in [0.717, 1.165) is 55.8 Å². The Hall–Kier alpha value is -2.35. The Morgan fingerprint density at radius 1 is 0.967 bits per heavy atom. The third-order valence-electron chi connectivity index (χ3n) is 6.05. The number of benzene rings is 2. The number of rotatable bonds is 6. The maximum Gasteiger partial charge on any atom is 0.268 e. The lowest BCUT2D eigenvalue weighted by Gasteiger charge is -2.34. The number of likely N-dealkylation sites (N-methyl/N-ethyl adjacent to an activating group) is 1. The van der Waals surface area contributed by atoms with Crippen LogP contribution in [0, 0.1) is 6.92 Å². The Bertz CT molecular complexity index is 1150. The normalized spacial score (nSPS) is 16.2. The smallest absolute Gasteiger partial charge is 0.268 e. The molecule has 0 radical (unpaired) electrons. The summed E-state index contributed by atoms with van der Waals surface area (Å²) in [6.45, 7) is 10.2. The molecule has 4 rings (SSSR count). The topological polar surface area (TPSA) is 54.8 Å². The average Bonchev–Trinajstić information content (AvgIpc) is 3.19. The molecule has 0 atom stereocenters. The summed E-state index contributed by atoms with van der Waals surface area (Å²) in [6.07, 6.45) is 1.61. The summed E-state index contributed by atoms with van der Waals surface area (Å²) in [4.78, 5) is 5.17. The highest BCUT2D eigenvalue weighted by atomic mass is 32.2. The monoisotopic (exact) mass is 427 g/mol. The fourth-order valence-electron chi connectivity index (χ4n) is 4.03. The number of nitrogens with zero attached hydrogens (tertiary/aromatic N) is 3. The molecule has 0 unspecified atom stereocenters. The van der Waals surface area contributed by atoms with E-state index in [-0.39, 0.29) is 0 Å². The summed E-state index contributed by atoms with van der Waals surface area (Å²) in [7, 11) is -2.08. The molecule has 3 aromatic rings. The van der Waals surface area contributed by atoms with Crippen molar-refractivity contribution < 1.29 is 13.2 Å². The molecular weight excluding hydrogens is 398 g/mol. The Morgan fingerprint density at radius 2 is 1.70 bits per heavy atom. The third-order valence-corrected chi connectivity index (χ3v) is 7.73. The van der Waals surface area contributed by atoms with E-state index >= 15 is 0 Å². The van der Waals surface area contributed by atoms with Gasteiger partial charge in [-0.15, -0.1) is 0 Å². The van der Waals surface area contributed by atoms with Crippen molar-refractivity contribution in [2.24, 2.45) is 0 Å². The molecule has 160 valence electrons. The van der Waals surface area contributed by atoms with Gasteiger partial charge in [-0.1, -0.05) is 13.0 Å². The van der Waals surface area contributed by atoms with Crippen molar-refractivity contribution in [2.45, 2.75) is 25.3 Å². The summed E-state index contributed by atoms with van der Waals surface area (Å²) >= 11 is 0. The second-order valence-corrected chi connectivity index (χ2v) is 9.65. The Morgan fingerprint density at radius 3 is 2.40 bits per heavy atom. The second kappa shape index (κ2) is 8.41. The first-order chi connectivity index (χ1) is 14.4. The van der Waals surface area contributed by atoms with Gasteiger partial charge < -0.3 is 9.64 Å². The van der Waals surface area contributed by atoms with Gasteiger partial charge in [0, 0.05) is 44.3 Å². The van der Waals surface area contributed by atoms with Crippen LogP contribution in [-0.2, 0) is 16.6 Å². The summed E-state index contributed by atoms with van der Waals surface area (Å²) in [5, 5.41) is 0.832. The van der Waals surface area contributed by atoms with Crippen LogP contribution in [-0.4, -0.2) is 62.0 Å².